The summed E-state index contributed by atoms with van der Waals surface area (Å²) in [6.07, 6.45) is 6.15. The molecule has 122 valence electrons. The van der Waals surface area contributed by atoms with Gasteiger partial charge in [-0.2, -0.15) is 0 Å². The highest BCUT2D eigenvalue weighted by atomic mass is 16.4. The van der Waals surface area contributed by atoms with Gasteiger partial charge in [0.15, 0.2) is 0 Å². The van der Waals surface area contributed by atoms with Gasteiger partial charge in [-0.3, -0.25) is 14.6 Å². The zero-order valence-corrected chi connectivity index (χ0v) is 13.8. The molecule has 1 saturated heterocycles. The minimum Gasteiger partial charge on any atom is -0.480 e. The van der Waals surface area contributed by atoms with Crippen LogP contribution in [0.3, 0.4) is 0 Å². The lowest BCUT2D eigenvalue weighted by molar-refractivity contribution is -0.144. The quantitative estimate of drug-likeness (QED) is 0.776. The molecule has 2 N–H and O–H groups in total. The fraction of sp³-hybridized carbons (Fsp3) is 0.938. The second-order valence-corrected chi connectivity index (χ2v) is 6.95. The van der Waals surface area contributed by atoms with E-state index in [1.165, 1.54) is 25.7 Å². The van der Waals surface area contributed by atoms with Gasteiger partial charge in [0.05, 0.1) is 0 Å². The SMILES string of the molecule is CNC(C)(CC(C)N1CCN(C2CCCC2)CC1)C(=O)O. The monoisotopic (exact) mass is 297 g/mol. The third-order valence-electron chi connectivity index (χ3n) is 5.54. The van der Waals surface area contributed by atoms with Gasteiger partial charge in [0.1, 0.15) is 5.54 Å². The Kier molecular flexibility index (Phi) is 5.63. The molecule has 0 aromatic heterocycles. The van der Waals surface area contributed by atoms with Gasteiger partial charge >= 0.3 is 5.97 Å². The van der Waals surface area contributed by atoms with E-state index in [4.69, 9.17) is 0 Å². The van der Waals surface area contributed by atoms with Crippen molar-refractivity contribution >= 4 is 5.97 Å². The highest BCUT2D eigenvalue weighted by molar-refractivity contribution is 5.78. The van der Waals surface area contributed by atoms with Gasteiger partial charge in [-0.05, 0) is 40.2 Å². The van der Waals surface area contributed by atoms with Crippen molar-refractivity contribution in [2.45, 2.75) is 63.6 Å². The van der Waals surface area contributed by atoms with E-state index >= 15 is 0 Å². The molecule has 1 aliphatic carbocycles. The topological polar surface area (TPSA) is 55.8 Å². The highest BCUT2D eigenvalue weighted by Gasteiger charge is 2.35. The maximum atomic E-state index is 11.4. The summed E-state index contributed by atoms with van der Waals surface area (Å²) in [4.78, 5) is 16.5. The van der Waals surface area contributed by atoms with Crippen molar-refractivity contribution in [3.63, 3.8) is 0 Å². The van der Waals surface area contributed by atoms with Gasteiger partial charge in [-0.15, -0.1) is 0 Å². The second kappa shape index (κ2) is 7.07. The van der Waals surface area contributed by atoms with Crippen LogP contribution >= 0.6 is 0 Å². The summed E-state index contributed by atoms with van der Waals surface area (Å²) >= 11 is 0. The van der Waals surface area contributed by atoms with Crippen LogP contribution in [0.2, 0.25) is 0 Å². The number of piperazine rings is 1. The second-order valence-electron chi connectivity index (χ2n) is 6.95. The van der Waals surface area contributed by atoms with Crippen molar-refractivity contribution in [3.05, 3.63) is 0 Å². The Hall–Kier alpha value is -0.650. The molecule has 1 aliphatic heterocycles. The van der Waals surface area contributed by atoms with E-state index in [1.807, 2.05) is 0 Å². The Morgan fingerprint density at radius 2 is 1.86 bits per heavy atom. The molecule has 0 aromatic rings. The number of carboxylic acids is 1. The summed E-state index contributed by atoms with van der Waals surface area (Å²) in [5.41, 5.74) is -0.831. The van der Waals surface area contributed by atoms with Crippen molar-refractivity contribution in [1.82, 2.24) is 15.1 Å². The minimum absolute atomic E-state index is 0.296. The summed E-state index contributed by atoms with van der Waals surface area (Å²) in [5.74, 6) is -0.763. The van der Waals surface area contributed by atoms with E-state index in [2.05, 4.69) is 22.0 Å². The third kappa shape index (κ3) is 3.96. The van der Waals surface area contributed by atoms with Crippen molar-refractivity contribution < 1.29 is 9.90 Å². The molecule has 5 nitrogen and oxygen atoms in total. The first kappa shape index (κ1) is 16.7. The Morgan fingerprint density at radius 1 is 1.29 bits per heavy atom. The minimum atomic E-state index is -0.831. The van der Waals surface area contributed by atoms with Crippen molar-refractivity contribution in [2.75, 3.05) is 33.2 Å². The number of rotatable bonds is 6. The average Bonchev–Trinajstić information content (AvgIpc) is 3.01. The van der Waals surface area contributed by atoms with Gasteiger partial charge in [0.25, 0.3) is 0 Å². The molecule has 2 rings (SSSR count). The number of nitrogens with zero attached hydrogens (tertiary/aromatic N) is 2. The van der Waals surface area contributed by atoms with E-state index in [0.29, 0.717) is 12.5 Å². The number of nitrogens with one attached hydrogen (secondary N) is 1. The molecule has 5 heteroatoms. The van der Waals surface area contributed by atoms with Crippen molar-refractivity contribution in [1.29, 1.82) is 0 Å². The Morgan fingerprint density at radius 3 is 2.33 bits per heavy atom. The third-order valence-corrected chi connectivity index (χ3v) is 5.54. The maximum Gasteiger partial charge on any atom is 0.323 e. The van der Waals surface area contributed by atoms with Crippen molar-refractivity contribution in [2.24, 2.45) is 0 Å². The van der Waals surface area contributed by atoms with Gasteiger partial charge in [-0.1, -0.05) is 12.8 Å². The molecule has 2 unspecified atom stereocenters. The standard InChI is InChI=1S/C16H31N3O2/c1-13(12-16(2,17-3)15(20)21)18-8-10-19(11-9-18)14-6-4-5-7-14/h13-14,17H,4-12H2,1-3H3,(H,20,21). The molecule has 2 atom stereocenters. The molecule has 0 amide bonds. The van der Waals surface area contributed by atoms with E-state index in [9.17, 15) is 9.90 Å². The van der Waals surface area contributed by atoms with Gasteiger partial charge in [0, 0.05) is 38.3 Å². The number of hydrogen-bond acceptors (Lipinski definition) is 4. The number of aliphatic carboxylic acids is 1. The van der Waals surface area contributed by atoms with E-state index in [1.54, 1.807) is 14.0 Å². The molecule has 0 bridgehead atoms. The fourth-order valence-corrected chi connectivity index (χ4v) is 3.83. The van der Waals surface area contributed by atoms with E-state index in [0.717, 1.165) is 32.2 Å². The molecule has 1 saturated carbocycles. The van der Waals surface area contributed by atoms with E-state index in [-0.39, 0.29) is 0 Å². The number of hydrogen-bond donors (Lipinski definition) is 2. The van der Waals surface area contributed by atoms with Gasteiger partial charge < -0.3 is 10.4 Å². The van der Waals surface area contributed by atoms with Crippen LogP contribution in [0, 0.1) is 0 Å². The lowest BCUT2D eigenvalue weighted by atomic mass is 9.93. The largest absolute Gasteiger partial charge is 0.480 e. The van der Waals surface area contributed by atoms with Crippen LogP contribution in [-0.4, -0.2) is 71.7 Å². The summed E-state index contributed by atoms with van der Waals surface area (Å²) in [6, 6.07) is 1.10. The summed E-state index contributed by atoms with van der Waals surface area (Å²) in [5, 5.41) is 12.3. The molecule has 2 fully saturated rings. The number of carbonyl (C=O) groups is 1. The normalized spacial score (nSPS) is 26.6. The molecule has 0 spiro atoms. The predicted molar refractivity (Wildman–Crippen MR) is 84.6 cm³/mol. The van der Waals surface area contributed by atoms with Crippen molar-refractivity contribution in [3.8, 4) is 0 Å². The van der Waals surface area contributed by atoms with Crippen LogP contribution in [0.25, 0.3) is 0 Å². The number of carboxylic acid groups (broad SMARTS) is 1. The molecular formula is C16H31N3O2. The Labute approximate surface area is 128 Å². The van der Waals surface area contributed by atoms with E-state index < -0.39 is 11.5 Å². The first-order valence-corrected chi connectivity index (χ1v) is 8.36. The molecule has 21 heavy (non-hydrogen) atoms. The maximum absolute atomic E-state index is 11.4. The Bertz CT molecular complexity index is 349. The zero-order chi connectivity index (χ0) is 15.5. The lowest BCUT2D eigenvalue weighted by Gasteiger charge is -2.42. The average molecular weight is 297 g/mol. The zero-order valence-electron chi connectivity index (χ0n) is 13.8. The van der Waals surface area contributed by atoms with Crippen LogP contribution in [0.15, 0.2) is 0 Å². The molecule has 0 radical (unpaired) electrons. The van der Waals surface area contributed by atoms with Gasteiger partial charge in [-0.25, -0.2) is 0 Å². The van der Waals surface area contributed by atoms with Gasteiger partial charge in [0.2, 0.25) is 0 Å². The Balaban J connectivity index is 1.82. The predicted octanol–water partition coefficient (Wildman–Crippen LogP) is 1.39. The van der Waals surface area contributed by atoms with Crippen LogP contribution in [0.5, 0.6) is 0 Å². The van der Waals surface area contributed by atoms with Crippen LogP contribution in [-0.2, 0) is 4.79 Å². The summed E-state index contributed by atoms with van der Waals surface area (Å²) in [7, 11) is 1.73. The summed E-state index contributed by atoms with van der Waals surface area (Å²) < 4.78 is 0. The molecular weight excluding hydrogens is 266 g/mol. The fourth-order valence-electron chi connectivity index (χ4n) is 3.83. The van der Waals surface area contributed by atoms with Crippen LogP contribution in [0.1, 0.15) is 46.0 Å². The van der Waals surface area contributed by atoms with Crippen LogP contribution in [0.4, 0.5) is 0 Å². The smallest absolute Gasteiger partial charge is 0.323 e. The van der Waals surface area contributed by atoms with Crippen LogP contribution < -0.4 is 5.32 Å². The number of likely N-dealkylation sites (N-methyl/N-ethyl adjacent to an activating group) is 1. The molecule has 2 aliphatic rings. The first-order chi connectivity index (χ1) is 9.96. The first-order valence-electron chi connectivity index (χ1n) is 8.36. The molecule has 1 heterocycles. The molecule has 0 aromatic carbocycles. The lowest BCUT2D eigenvalue weighted by Crippen LogP contribution is -2.56. The highest BCUT2D eigenvalue weighted by Crippen LogP contribution is 2.25. The summed E-state index contributed by atoms with van der Waals surface area (Å²) in [6.45, 7) is 8.34.